The van der Waals surface area contributed by atoms with Crippen LogP contribution in [0, 0.1) is 0 Å². The van der Waals surface area contributed by atoms with Gasteiger partial charge in [-0.1, -0.05) is 203 Å². The molecule has 0 aliphatic carbocycles. The molecule has 1 heterocycles. The normalized spacial score (nSPS) is 19.4. The molecule has 70 heavy (non-hydrogen) atoms. The van der Waals surface area contributed by atoms with Crippen molar-refractivity contribution >= 4 is 22.1 Å². The van der Waals surface area contributed by atoms with Gasteiger partial charge in [0.2, 0.25) is 0 Å². The molecule has 1 saturated heterocycles. The highest BCUT2D eigenvalue weighted by atomic mass is 32.2. The van der Waals surface area contributed by atoms with Crippen molar-refractivity contribution in [1.29, 1.82) is 0 Å². The zero-order valence-electron chi connectivity index (χ0n) is 43.9. The van der Waals surface area contributed by atoms with E-state index in [9.17, 15) is 37.9 Å². The molecule has 0 radical (unpaired) electrons. The van der Waals surface area contributed by atoms with Gasteiger partial charge in [-0.15, -0.1) is 0 Å². The van der Waals surface area contributed by atoms with Gasteiger partial charge >= 0.3 is 11.9 Å². The number of carbonyl (C=O) groups excluding carboxylic acids is 2. The summed E-state index contributed by atoms with van der Waals surface area (Å²) in [5.41, 5.74) is 0. The van der Waals surface area contributed by atoms with E-state index in [1.807, 2.05) is 6.08 Å². The second-order valence-electron chi connectivity index (χ2n) is 19.2. The second kappa shape index (κ2) is 46.2. The van der Waals surface area contributed by atoms with Crippen LogP contribution in [0.1, 0.15) is 232 Å². The van der Waals surface area contributed by atoms with Crippen LogP contribution in [-0.4, -0.2) is 96.0 Å². The summed E-state index contributed by atoms with van der Waals surface area (Å²) in [5, 5.41) is 31.0. The number of ether oxygens (including phenoxy) is 4. The highest BCUT2D eigenvalue weighted by Gasteiger charge is 2.46. The van der Waals surface area contributed by atoms with Crippen molar-refractivity contribution in [3.8, 4) is 0 Å². The van der Waals surface area contributed by atoms with Gasteiger partial charge in [0.25, 0.3) is 10.1 Å². The molecule has 406 valence electrons. The van der Waals surface area contributed by atoms with Crippen molar-refractivity contribution in [2.45, 2.75) is 269 Å². The van der Waals surface area contributed by atoms with Gasteiger partial charge in [0.1, 0.15) is 36.8 Å². The summed E-state index contributed by atoms with van der Waals surface area (Å²) in [6, 6.07) is 0. The minimum absolute atomic E-state index is 0.142. The Balaban J connectivity index is 2.38. The fourth-order valence-corrected chi connectivity index (χ4v) is 8.94. The Morgan fingerprint density at radius 2 is 0.871 bits per heavy atom. The molecule has 1 aliphatic heterocycles. The lowest BCUT2D eigenvalue weighted by atomic mass is 10.00. The summed E-state index contributed by atoms with van der Waals surface area (Å²) in [7, 11) is -4.62. The van der Waals surface area contributed by atoms with Gasteiger partial charge in [-0.2, -0.15) is 8.42 Å². The molecule has 4 N–H and O–H groups in total. The van der Waals surface area contributed by atoms with Crippen LogP contribution in [-0.2, 0) is 38.7 Å². The van der Waals surface area contributed by atoms with Gasteiger partial charge < -0.3 is 34.3 Å². The minimum Gasteiger partial charge on any atom is -0.462 e. The lowest BCUT2D eigenvalue weighted by Crippen LogP contribution is -2.60. The average molecular weight is 1010 g/mol. The zero-order chi connectivity index (χ0) is 51.2. The van der Waals surface area contributed by atoms with Crippen LogP contribution in [0.3, 0.4) is 0 Å². The van der Waals surface area contributed by atoms with Crippen molar-refractivity contribution in [3.63, 3.8) is 0 Å². The number of carbonyl (C=O) groups is 2. The zero-order valence-corrected chi connectivity index (χ0v) is 44.7. The van der Waals surface area contributed by atoms with Gasteiger partial charge in [0.15, 0.2) is 12.4 Å². The molecule has 6 atom stereocenters. The fraction of sp³-hybridized carbons (Fsp3) is 0.789. The van der Waals surface area contributed by atoms with Gasteiger partial charge in [-0.3, -0.25) is 14.1 Å². The van der Waals surface area contributed by atoms with Crippen LogP contribution < -0.4 is 0 Å². The topological polar surface area (TPSA) is 186 Å². The van der Waals surface area contributed by atoms with E-state index >= 15 is 0 Å². The van der Waals surface area contributed by atoms with Crippen molar-refractivity contribution in [2.75, 3.05) is 19.0 Å². The van der Waals surface area contributed by atoms with E-state index in [4.69, 9.17) is 18.9 Å². The molecule has 13 heteroatoms. The first-order valence-electron chi connectivity index (χ1n) is 27.8. The molecule has 1 aliphatic rings. The first-order valence-corrected chi connectivity index (χ1v) is 29.5. The summed E-state index contributed by atoms with van der Waals surface area (Å²) < 4.78 is 54.3. The predicted molar refractivity (Wildman–Crippen MR) is 284 cm³/mol. The van der Waals surface area contributed by atoms with Gasteiger partial charge in [-0.25, -0.2) is 0 Å². The molecule has 0 amide bonds. The van der Waals surface area contributed by atoms with Crippen LogP contribution >= 0.6 is 0 Å². The number of aliphatic hydroxyl groups excluding tert-OH is 3. The van der Waals surface area contributed by atoms with E-state index in [2.05, 4.69) is 68.5 Å². The number of aliphatic hydroxyl groups is 3. The van der Waals surface area contributed by atoms with E-state index in [1.54, 1.807) is 0 Å². The van der Waals surface area contributed by atoms with Crippen molar-refractivity contribution in [3.05, 3.63) is 60.8 Å². The lowest BCUT2D eigenvalue weighted by Gasteiger charge is -2.40. The third kappa shape index (κ3) is 39.9. The fourth-order valence-electron chi connectivity index (χ4n) is 8.25. The molecular formula is C57H100O12S. The largest absolute Gasteiger partial charge is 0.462 e. The third-order valence-electron chi connectivity index (χ3n) is 12.6. The molecule has 0 aromatic rings. The smallest absolute Gasteiger partial charge is 0.306 e. The maximum Gasteiger partial charge on any atom is 0.306 e. The summed E-state index contributed by atoms with van der Waals surface area (Å²) in [4.78, 5) is 25.6. The Hall–Kier alpha value is -2.65. The van der Waals surface area contributed by atoms with E-state index < -0.39 is 71.2 Å². The second-order valence-corrected chi connectivity index (χ2v) is 20.7. The quantitative estimate of drug-likeness (QED) is 0.0196. The van der Waals surface area contributed by atoms with Crippen molar-refractivity contribution in [1.82, 2.24) is 0 Å². The third-order valence-corrected chi connectivity index (χ3v) is 13.3. The molecule has 1 fully saturated rings. The Morgan fingerprint density at radius 3 is 1.33 bits per heavy atom. The monoisotopic (exact) mass is 1010 g/mol. The first kappa shape index (κ1) is 65.4. The molecule has 2 unspecified atom stereocenters. The summed E-state index contributed by atoms with van der Waals surface area (Å²) in [6.07, 6.45) is 49.8. The predicted octanol–water partition coefficient (Wildman–Crippen LogP) is 13.2. The summed E-state index contributed by atoms with van der Waals surface area (Å²) in [6.45, 7) is 3.74. The maximum atomic E-state index is 12.9. The minimum atomic E-state index is -4.62. The standard InChI is InChI=1S/C57H100O12S/c1-3-5-7-9-11-13-15-17-19-21-23-25-27-29-31-33-35-37-39-41-43-45-52(58)66-47-50(48-67-57-56(62)55(61)54(60)51(69-57)49-70(63,64)65)68-53(59)46-44-42-40-38-36-34-32-30-28-26-24-22-20-18-16-14-12-10-8-6-4-2/h18-21,25,27,31,33,37,39,50-51,54-57,60-62H,3-17,22-24,26,28-30,32,34-36,38,40-49H2,1-2H3,(H,63,64,65)/b20-18+,21-19+,27-25+,33-31+,39-37+/t50-,51-,54-,55?,56?,57+/m1/s1. The molecular weight excluding hydrogens is 909 g/mol. The number of unbranched alkanes of at least 4 members (excludes halogenated alkanes) is 25. The summed E-state index contributed by atoms with van der Waals surface area (Å²) in [5.74, 6) is -2.05. The molecule has 0 aromatic heterocycles. The first-order chi connectivity index (χ1) is 34.0. The SMILES string of the molecule is CCCCCCCC/C=C/CCCCCCCCCCCCCC(=O)O[C@H](COC(=O)CCC/C=C/C/C=C/C/C=C/C/C=C/CCCCCCCCC)CO[C@H]1O[C@H](CS(=O)(=O)O)[C@@H](O)C(O)C1O. The van der Waals surface area contributed by atoms with Gasteiger partial charge in [0.05, 0.1) is 6.61 Å². The molecule has 0 spiro atoms. The highest BCUT2D eigenvalue weighted by Crippen LogP contribution is 2.24. The number of hydrogen-bond acceptors (Lipinski definition) is 11. The molecule has 0 bridgehead atoms. The van der Waals surface area contributed by atoms with Crippen LogP contribution in [0.2, 0.25) is 0 Å². The van der Waals surface area contributed by atoms with Gasteiger partial charge in [-0.05, 0) is 77.0 Å². The summed E-state index contributed by atoms with van der Waals surface area (Å²) >= 11 is 0. The molecule has 12 nitrogen and oxygen atoms in total. The lowest BCUT2D eigenvalue weighted by molar-refractivity contribution is -0.297. The Bertz CT molecular complexity index is 1510. The van der Waals surface area contributed by atoms with Crippen LogP contribution in [0.5, 0.6) is 0 Å². The number of rotatable bonds is 47. The van der Waals surface area contributed by atoms with E-state index in [-0.39, 0.29) is 19.4 Å². The van der Waals surface area contributed by atoms with E-state index in [0.29, 0.717) is 19.3 Å². The van der Waals surface area contributed by atoms with Crippen LogP contribution in [0.25, 0.3) is 0 Å². The van der Waals surface area contributed by atoms with Gasteiger partial charge in [0, 0.05) is 12.8 Å². The number of hydrogen-bond donors (Lipinski definition) is 4. The highest BCUT2D eigenvalue weighted by molar-refractivity contribution is 7.85. The molecule has 0 saturated carbocycles. The van der Waals surface area contributed by atoms with E-state index in [0.717, 1.165) is 44.9 Å². The van der Waals surface area contributed by atoms with Crippen LogP contribution in [0.4, 0.5) is 0 Å². The Morgan fingerprint density at radius 1 is 0.486 bits per heavy atom. The Kier molecular flexibility index (Phi) is 43.1. The number of esters is 2. The maximum absolute atomic E-state index is 12.9. The van der Waals surface area contributed by atoms with Crippen molar-refractivity contribution in [2.24, 2.45) is 0 Å². The van der Waals surface area contributed by atoms with Crippen LogP contribution in [0.15, 0.2) is 60.8 Å². The van der Waals surface area contributed by atoms with E-state index in [1.165, 1.54) is 141 Å². The molecule has 1 rings (SSSR count). The van der Waals surface area contributed by atoms with Crippen molar-refractivity contribution < 1.29 is 56.8 Å². The average Bonchev–Trinajstić information content (AvgIpc) is 3.33. The molecule has 0 aromatic carbocycles. The Labute approximate surface area is 426 Å². The number of allylic oxidation sites excluding steroid dienone is 10.